The van der Waals surface area contributed by atoms with Crippen LogP contribution in [0.5, 0.6) is 0 Å². The van der Waals surface area contributed by atoms with Crippen molar-refractivity contribution in [3.05, 3.63) is 60.7 Å². The molecule has 0 saturated carbocycles. The summed E-state index contributed by atoms with van der Waals surface area (Å²) in [6, 6.07) is 15.2. The first-order chi connectivity index (χ1) is 15.1. The highest BCUT2D eigenvalue weighted by molar-refractivity contribution is 7.87. The maximum Gasteiger partial charge on any atom is 0.297 e. The van der Waals surface area contributed by atoms with E-state index < -0.39 is 32.9 Å². The molecule has 0 spiro atoms. The Kier molecular flexibility index (Phi) is 19.1. The van der Waals surface area contributed by atoms with Gasteiger partial charge >= 0.3 is 0 Å². The van der Waals surface area contributed by atoms with Crippen LogP contribution in [0.2, 0.25) is 0 Å². The van der Waals surface area contributed by atoms with E-state index in [2.05, 4.69) is 41.5 Å². The first-order valence-electron chi connectivity index (χ1n) is 11.0. The summed E-state index contributed by atoms with van der Waals surface area (Å²) in [4.78, 5) is -0.00381. The monoisotopic (exact) mass is 488 g/mol. The van der Waals surface area contributed by atoms with E-state index in [1.807, 2.05) is 0 Å². The van der Waals surface area contributed by atoms with Gasteiger partial charge in [0.1, 0.15) is 0 Å². The highest BCUT2D eigenvalue weighted by Crippen LogP contribution is 2.16. The Bertz CT molecular complexity index is 876. The number of rotatable bonds is 7. The lowest BCUT2D eigenvalue weighted by Crippen LogP contribution is -2.22. The fraction of sp³-hybridized carbons (Fsp3) is 0.500. The standard InChI is InChI=1S/C15H16O6S2.3C3H8/c1-13(21-23(18,19)15-10-6-3-7-11-15)12-20-22(16,17)14-8-4-2-5-9-14;3*1-3-2/h2-11,13H,12H2,1H3;3*3H2,1-2H3. The van der Waals surface area contributed by atoms with Gasteiger partial charge in [0.15, 0.2) is 0 Å². The van der Waals surface area contributed by atoms with Crippen LogP contribution in [0, 0.1) is 0 Å². The van der Waals surface area contributed by atoms with E-state index in [-0.39, 0.29) is 9.79 Å². The largest absolute Gasteiger partial charge is 0.297 e. The summed E-state index contributed by atoms with van der Waals surface area (Å²) in [5.41, 5.74) is 0. The summed E-state index contributed by atoms with van der Waals surface area (Å²) in [5.74, 6) is 0. The Labute approximate surface area is 196 Å². The third-order valence-electron chi connectivity index (χ3n) is 2.81. The summed E-state index contributed by atoms with van der Waals surface area (Å²) >= 11 is 0. The molecular formula is C24H40O6S2. The van der Waals surface area contributed by atoms with Gasteiger partial charge in [-0.25, -0.2) is 0 Å². The van der Waals surface area contributed by atoms with Crippen LogP contribution in [-0.4, -0.2) is 29.5 Å². The average molecular weight is 489 g/mol. The molecule has 1 unspecified atom stereocenters. The molecule has 184 valence electrons. The first-order valence-corrected chi connectivity index (χ1v) is 13.8. The predicted molar refractivity (Wildman–Crippen MR) is 132 cm³/mol. The first kappa shape index (κ1) is 32.4. The Morgan fingerprint density at radius 2 is 0.938 bits per heavy atom. The molecule has 2 aromatic rings. The molecule has 0 bridgehead atoms. The second-order valence-corrected chi connectivity index (χ2v) is 10.0. The van der Waals surface area contributed by atoms with Crippen molar-refractivity contribution in [1.82, 2.24) is 0 Å². The second kappa shape index (κ2) is 18.8. The molecule has 0 amide bonds. The van der Waals surface area contributed by atoms with E-state index in [0.717, 1.165) is 0 Å². The molecule has 0 aliphatic carbocycles. The zero-order chi connectivity index (χ0) is 25.0. The van der Waals surface area contributed by atoms with Crippen molar-refractivity contribution in [3.63, 3.8) is 0 Å². The summed E-state index contributed by atoms with van der Waals surface area (Å²) in [7, 11) is -7.92. The van der Waals surface area contributed by atoms with E-state index in [1.54, 1.807) is 36.4 Å². The van der Waals surface area contributed by atoms with Crippen molar-refractivity contribution in [1.29, 1.82) is 0 Å². The maximum absolute atomic E-state index is 12.0. The Morgan fingerprint density at radius 1 is 0.625 bits per heavy atom. The zero-order valence-corrected chi connectivity index (χ0v) is 22.1. The van der Waals surface area contributed by atoms with E-state index in [4.69, 9.17) is 8.37 Å². The molecule has 0 saturated heterocycles. The molecular weight excluding hydrogens is 448 g/mol. The fourth-order valence-electron chi connectivity index (χ4n) is 1.73. The highest BCUT2D eigenvalue weighted by atomic mass is 32.2. The van der Waals surface area contributed by atoms with Gasteiger partial charge in [0, 0.05) is 0 Å². The predicted octanol–water partition coefficient (Wildman–Crippen LogP) is 6.43. The lowest BCUT2D eigenvalue weighted by atomic mass is 10.4. The van der Waals surface area contributed by atoms with E-state index >= 15 is 0 Å². The van der Waals surface area contributed by atoms with Gasteiger partial charge in [-0.3, -0.25) is 8.37 Å². The lowest BCUT2D eigenvalue weighted by Gasteiger charge is -2.13. The van der Waals surface area contributed by atoms with Gasteiger partial charge in [-0.05, 0) is 31.2 Å². The lowest BCUT2D eigenvalue weighted by molar-refractivity contribution is 0.152. The minimum absolute atomic E-state index is 0.00174. The highest BCUT2D eigenvalue weighted by Gasteiger charge is 2.22. The molecule has 1 atom stereocenters. The van der Waals surface area contributed by atoms with Gasteiger partial charge in [-0.15, -0.1) is 0 Å². The van der Waals surface area contributed by atoms with Gasteiger partial charge in [0.2, 0.25) is 0 Å². The third kappa shape index (κ3) is 15.1. The van der Waals surface area contributed by atoms with Crippen LogP contribution < -0.4 is 0 Å². The average Bonchev–Trinajstić information content (AvgIpc) is 2.75. The van der Waals surface area contributed by atoms with E-state index in [9.17, 15) is 16.8 Å². The molecule has 0 N–H and O–H groups in total. The molecule has 0 radical (unpaired) electrons. The van der Waals surface area contributed by atoms with Crippen molar-refractivity contribution >= 4 is 20.2 Å². The van der Waals surface area contributed by atoms with Crippen LogP contribution >= 0.6 is 0 Å². The maximum atomic E-state index is 12.0. The summed E-state index contributed by atoms with van der Waals surface area (Å²) in [6.07, 6.45) is 2.79. The van der Waals surface area contributed by atoms with Gasteiger partial charge < -0.3 is 0 Å². The molecule has 0 aromatic heterocycles. The van der Waals surface area contributed by atoms with Crippen LogP contribution in [0.3, 0.4) is 0 Å². The zero-order valence-electron chi connectivity index (χ0n) is 20.4. The van der Waals surface area contributed by atoms with Crippen LogP contribution in [0.25, 0.3) is 0 Å². The van der Waals surface area contributed by atoms with Gasteiger partial charge in [-0.2, -0.15) is 16.8 Å². The van der Waals surface area contributed by atoms with Crippen molar-refractivity contribution in [2.75, 3.05) is 6.61 Å². The van der Waals surface area contributed by atoms with E-state index in [0.29, 0.717) is 0 Å². The Balaban J connectivity index is 0. The molecule has 0 aliphatic heterocycles. The van der Waals surface area contributed by atoms with Gasteiger partial charge in [0.25, 0.3) is 20.2 Å². The number of benzene rings is 2. The summed E-state index contributed by atoms with van der Waals surface area (Å²) < 4.78 is 57.7. The molecule has 0 fully saturated rings. The topological polar surface area (TPSA) is 86.7 Å². The molecule has 32 heavy (non-hydrogen) atoms. The van der Waals surface area contributed by atoms with Crippen molar-refractivity contribution in [3.8, 4) is 0 Å². The summed E-state index contributed by atoms with van der Waals surface area (Å²) in [6.45, 7) is 13.8. The van der Waals surface area contributed by atoms with Gasteiger partial charge in [-0.1, -0.05) is 97.2 Å². The molecule has 2 aromatic carbocycles. The fourth-order valence-corrected chi connectivity index (χ4v) is 3.81. The minimum Gasteiger partial charge on any atom is -0.264 e. The molecule has 2 rings (SSSR count). The SMILES string of the molecule is CC(COS(=O)(=O)c1ccccc1)OS(=O)(=O)c1ccccc1.CCC.CCC.CCC. The number of hydrogen-bond donors (Lipinski definition) is 0. The quantitative estimate of drug-likeness (QED) is 0.417. The second-order valence-electron chi connectivity index (χ2n) is 6.85. The van der Waals surface area contributed by atoms with Gasteiger partial charge in [0.05, 0.1) is 22.5 Å². The molecule has 0 aliphatic rings. The number of hydrogen-bond acceptors (Lipinski definition) is 6. The smallest absolute Gasteiger partial charge is 0.264 e. The van der Waals surface area contributed by atoms with Crippen LogP contribution in [0.1, 0.15) is 67.7 Å². The Hall–Kier alpha value is -1.74. The van der Waals surface area contributed by atoms with E-state index in [1.165, 1.54) is 50.5 Å². The summed E-state index contributed by atoms with van der Waals surface area (Å²) in [5, 5.41) is 0. The van der Waals surface area contributed by atoms with Crippen molar-refractivity contribution in [2.24, 2.45) is 0 Å². The van der Waals surface area contributed by atoms with Crippen LogP contribution in [-0.2, 0) is 28.6 Å². The van der Waals surface area contributed by atoms with Crippen LogP contribution in [0.15, 0.2) is 70.5 Å². The molecule has 8 heteroatoms. The normalized spacial score (nSPS) is 11.5. The van der Waals surface area contributed by atoms with Crippen LogP contribution in [0.4, 0.5) is 0 Å². The third-order valence-corrected chi connectivity index (χ3v) is 5.54. The Morgan fingerprint density at radius 3 is 1.28 bits per heavy atom. The molecule has 6 nitrogen and oxygen atoms in total. The van der Waals surface area contributed by atoms with Crippen molar-refractivity contribution < 1.29 is 25.2 Å². The van der Waals surface area contributed by atoms with Crippen molar-refractivity contribution in [2.45, 2.75) is 83.6 Å². The molecule has 0 heterocycles. The minimum atomic E-state index is -3.97.